The molecule has 0 amide bonds. The molecule has 0 radical (unpaired) electrons. The molecule has 1 unspecified atom stereocenters. The third-order valence-electron chi connectivity index (χ3n) is 2.85. The highest BCUT2D eigenvalue weighted by Crippen LogP contribution is 2.25. The van der Waals surface area contributed by atoms with E-state index in [2.05, 4.69) is 32.2 Å². The average Bonchev–Trinajstić information content (AvgIpc) is 2.57. The molecule has 3 nitrogen and oxygen atoms in total. The van der Waals surface area contributed by atoms with Crippen LogP contribution in [0.15, 0.2) is 6.07 Å². The van der Waals surface area contributed by atoms with Crippen molar-refractivity contribution >= 4 is 21.2 Å². The predicted molar refractivity (Wildman–Crippen MR) is 74.5 cm³/mol. The Labute approximate surface area is 108 Å². The summed E-state index contributed by atoms with van der Waals surface area (Å²) in [5.74, 6) is 0.440. The van der Waals surface area contributed by atoms with E-state index in [9.17, 15) is 8.42 Å². The number of hydrogen-bond acceptors (Lipinski definition) is 4. The van der Waals surface area contributed by atoms with Gasteiger partial charge in [0.05, 0.1) is 5.75 Å². The minimum atomic E-state index is -2.86. The molecule has 17 heavy (non-hydrogen) atoms. The molecule has 1 aromatic heterocycles. The quantitative estimate of drug-likeness (QED) is 0.867. The Hall–Kier alpha value is -0.390. The predicted octanol–water partition coefficient (Wildman–Crippen LogP) is 2.45. The van der Waals surface area contributed by atoms with Gasteiger partial charge in [-0.25, -0.2) is 8.42 Å². The zero-order valence-electron chi connectivity index (χ0n) is 10.9. The first-order valence-electron chi connectivity index (χ1n) is 5.86. The number of aryl methyl sites for hydroxylation is 2. The van der Waals surface area contributed by atoms with Crippen molar-refractivity contribution < 1.29 is 8.42 Å². The van der Waals surface area contributed by atoms with Crippen LogP contribution in [-0.4, -0.2) is 26.5 Å². The molecule has 98 valence electrons. The first-order chi connectivity index (χ1) is 7.85. The van der Waals surface area contributed by atoms with Gasteiger partial charge in [-0.15, -0.1) is 11.3 Å². The lowest BCUT2D eigenvalue weighted by atomic mass is 10.1. The van der Waals surface area contributed by atoms with Gasteiger partial charge >= 0.3 is 0 Å². The molecule has 0 saturated heterocycles. The van der Waals surface area contributed by atoms with Crippen molar-refractivity contribution in [3.63, 3.8) is 0 Å². The highest BCUT2D eigenvalue weighted by molar-refractivity contribution is 7.91. The summed E-state index contributed by atoms with van der Waals surface area (Å²) in [6.07, 6.45) is 0. The topological polar surface area (TPSA) is 46.2 Å². The number of sulfone groups is 1. The molecule has 0 aliphatic rings. The van der Waals surface area contributed by atoms with Gasteiger partial charge in [0.2, 0.25) is 0 Å². The largest absolute Gasteiger partial charge is 0.309 e. The first kappa shape index (κ1) is 14.7. The van der Waals surface area contributed by atoms with Gasteiger partial charge in [-0.1, -0.05) is 6.92 Å². The van der Waals surface area contributed by atoms with Crippen molar-refractivity contribution in [1.82, 2.24) is 5.32 Å². The molecule has 0 bridgehead atoms. The molecule has 0 spiro atoms. The second-order valence-corrected chi connectivity index (χ2v) is 8.21. The Morgan fingerprint density at radius 2 is 2.06 bits per heavy atom. The highest BCUT2D eigenvalue weighted by atomic mass is 32.2. The van der Waals surface area contributed by atoms with Gasteiger partial charge in [0, 0.05) is 28.1 Å². The van der Waals surface area contributed by atoms with Crippen molar-refractivity contribution in [3.05, 3.63) is 21.4 Å². The first-order valence-corrected chi connectivity index (χ1v) is 8.50. The zero-order valence-corrected chi connectivity index (χ0v) is 12.5. The Bertz CT molecular complexity index is 463. The Kier molecular flexibility index (Phi) is 5.16. The van der Waals surface area contributed by atoms with E-state index >= 15 is 0 Å². The maximum atomic E-state index is 11.4. The van der Waals surface area contributed by atoms with E-state index in [0.717, 1.165) is 0 Å². The molecule has 1 N–H and O–H groups in total. The SMILES string of the molecule is CCS(=O)(=O)CCNC(C)c1cc(C)sc1C. The van der Waals surface area contributed by atoms with Crippen molar-refractivity contribution in [2.24, 2.45) is 0 Å². The number of nitrogens with one attached hydrogen (secondary N) is 1. The molecule has 1 heterocycles. The fourth-order valence-corrected chi connectivity index (χ4v) is 3.51. The molecule has 0 aromatic carbocycles. The van der Waals surface area contributed by atoms with E-state index in [0.29, 0.717) is 6.54 Å². The monoisotopic (exact) mass is 275 g/mol. The Morgan fingerprint density at radius 1 is 1.41 bits per heavy atom. The Morgan fingerprint density at radius 3 is 2.53 bits per heavy atom. The summed E-state index contributed by atoms with van der Waals surface area (Å²) in [5.41, 5.74) is 1.28. The fraction of sp³-hybridized carbons (Fsp3) is 0.667. The van der Waals surface area contributed by atoms with Gasteiger partial charge in [-0.05, 0) is 32.4 Å². The van der Waals surface area contributed by atoms with Gasteiger partial charge in [0.25, 0.3) is 0 Å². The molecule has 0 saturated carbocycles. The summed E-state index contributed by atoms with van der Waals surface area (Å²) in [5, 5.41) is 3.27. The van der Waals surface area contributed by atoms with Crippen LogP contribution in [0.3, 0.4) is 0 Å². The van der Waals surface area contributed by atoms with Crippen LogP contribution in [-0.2, 0) is 9.84 Å². The average molecular weight is 275 g/mol. The number of thiophene rings is 1. The molecule has 1 atom stereocenters. The summed E-state index contributed by atoms with van der Waals surface area (Å²) in [4.78, 5) is 2.60. The van der Waals surface area contributed by atoms with Gasteiger partial charge in [0.1, 0.15) is 0 Å². The van der Waals surface area contributed by atoms with Crippen molar-refractivity contribution in [2.45, 2.75) is 33.7 Å². The van der Waals surface area contributed by atoms with Gasteiger partial charge in [0.15, 0.2) is 9.84 Å². The van der Waals surface area contributed by atoms with Crippen LogP contribution in [0.4, 0.5) is 0 Å². The summed E-state index contributed by atoms with van der Waals surface area (Å²) in [6.45, 7) is 8.48. The lowest BCUT2D eigenvalue weighted by Gasteiger charge is -2.13. The van der Waals surface area contributed by atoms with Crippen LogP contribution in [0.2, 0.25) is 0 Å². The van der Waals surface area contributed by atoms with Crippen LogP contribution >= 0.6 is 11.3 Å². The molecule has 0 aliphatic carbocycles. The second kappa shape index (κ2) is 5.98. The van der Waals surface area contributed by atoms with Crippen molar-refractivity contribution in [3.8, 4) is 0 Å². The van der Waals surface area contributed by atoms with Gasteiger partial charge in [-0.3, -0.25) is 0 Å². The summed E-state index contributed by atoms with van der Waals surface area (Å²) in [7, 11) is -2.86. The van der Waals surface area contributed by atoms with Crippen LogP contribution in [0.25, 0.3) is 0 Å². The molecule has 0 aliphatic heterocycles. The minimum absolute atomic E-state index is 0.215. The van der Waals surface area contributed by atoms with E-state index in [1.54, 1.807) is 18.3 Å². The van der Waals surface area contributed by atoms with Crippen LogP contribution < -0.4 is 5.32 Å². The maximum absolute atomic E-state index is 11.4. The van der Waals surface area contributed by atoms with E-state index in [1.165, 1.54) is 15.3 Å². The third-order valence-corrected chi connectivity index (χ3v) is 5.54. The van der Waals surface area contributed by atoms with Crippen molar-refractivity contribution in [2.75, 3.05) is 18.1 Å². The number of rotatable bonds is 6. The summed E-state index contributed by atoms with van der Waals surface area (Å²) >= 11 is 1.78. The zero-order chi connectivity index (χ0) is 13.1. The number of hydrogen-bond donors (Lipinski definition) is 1. The summed E-state index contributed by atoms with van der Waals surface area (Å²) in [6, 6.07) is 2.39. The van der Waals surface area contributed by atoms with Crippen LogP contribution in [0, 0.1) is 13.8 Å². The van der Waals surface area contributed by atoms with E-state index < -0.39 is 9.84 Å². The smallest absolute Gasteiger partial charge is 0.151 e. The van der Waals surface area contributed by atoms with Gasteiger partial charge < -0.3 is 5.32 Å². The van der Waals surface area contributed by atoms with Crippen LogP contribution in [0.1, 0.15) is 35.2 Å². The molecular weight excluding hydrogens is 254 g/mol. The van der Waals surface area contributed by atoms with E-state index in [1.807, 2.05) is 0 Å². The molecule has 5 heteroatoms. The molecule has 1 aromatic rings. The molecule has 0 fully saturated rings. The molecular formula is C12H21NO2S2. The van der Waals surface area contributed by atoms with Crippen LogP contribution in [0.5, 0.6) is 0 Å². The molecule has 1 rings (SSSR count). The Balaban J connectivity index is 2.51. The van der Waals surface area contributed by atoms with E-state index in [4.69, 9.17) is 0 Å². The maximum Gasteiger partial charge on any atom is 0.151 e. The van der Waals surface area contributed by atoms with E-state index in [-0.39, 0.29) is 17.5 Å². The van der Waals surface area contributed by atoms with Crippen molar-refractivity contribution in [1.29, 1.82) is 0 Å². The standard InChI is InChI=1S/C12H21NO2S2/c1-5-17(14,15)7-6-13-10(3)12-8-9(2)16-11(12)4/h8,10,13H,5-7H2,1-4H3. The normalized spacial score (nSPS) is 13.9. The lowest BCUT2D eigenvalue weighted by molar-refractivity contribution is 0.572. The van der Waals surface area contributed by atoms with Gasteiger partial charge in [-0.2, -0.15) is 0 Å². The second-order valence-electron chi connectivity index (χ2n) is 4.28. The minimum Gasteiger partial charge on any atom is -0.309 e. The highest BCUT2D eigenvalue weighted by Gasteiger charge is 2.12. The fourth-order valence-electron chi connectivity index (χ4n) is 1.77. The third kappa shape index (κ3) is 4.41. The summed E-state index contributed by atoms with van der Waals surface area (Å²) < 4.78 is 22.7. The lowest BCUT2D eigenvalue weighted by Crippen LogP contribution is -2.26.